The first-order valence-corrected chi connectivity index (χ1v) is 5.84. The summed E-state index contributed by atoms with van der Waals surface area (Å²) in [7, 11) is 0. The lowest BCUT2D eigenvalue weighted by Gasteiger charge is -2.10. The van der Waals surface area contributed by atoms with Crippen molar-refractivity contribution in [3.8, 4) is 5.75 Å². The van der Waals surface area contributed by atoms with Crippen molar-refractivity contribution in [2.75, 3.05) is 5.32 Å². The number of phenolic OH excluding ortho intramolecular Hbond substituents is 1. The summed E-state index contributed by atoms with van der Waals surface area (Å²) >= 11 is 0. The van der Waals surface area contributed by atoms with Gasteiger partial charge in [0.1, 0.15) is 11.6 Å². The van der Waals surface area contributed by atoms with Gasteiger partial charge in [-0.1, -0.05) is 12.1 Å². The Morgan fingerprint density at radius 2 is 1.89 bits per heavy atom. The number of benzene rings is 2. The minimum atomic E-state index is -0.583. The van der Waals surface area contributed by atoms with Gasteiger partial charge in [-0.2, -0.15) is 0 Å². The van der Waals surface area contributed by atoms with Gasteiger partial charge < -0.3 is 10.4 Å². The summed E-state index contributed by atoms with van der Waals surface area (Å²) in [5.74, 6) is -1.42. The monoisotopic (exact) mass is 259 g/mol. The Morgan fingerprint density at radius 1 is 1.16 bits per heavy atom. The van der Waals surface area contributed by atoms with E-state index < -0.39 is 11.7 Å². The highest BCUT2D eigenvalue weighted by Crippen LogP contribution is 2.21. The summed E-state index contributed by atoms with van der Waals surface area (Å²) < 4.78 is 12.9. The van der Waals surface area contributed by atoms with Crippen LogP contribution in [0.15, 0.2) is 36.4 Å². The van der Waals surface area contributed by atoms with Gasteiger partial charge in [0.15, 0.2) is 0 Å². The molecule has 2 rings (SSSR count). The Labute approximate surface area is 110 Å². The lowest BCUT2D eigenvalue weighted by atomic mass is 10.1. The molecule has 1 amide bonds. The normalized spacial score (nSPS) is 10.3. The van der Waals surface area contributed by atoms with Crippen LogP contribution < -0.4 is 5.32 Å². The number of phenols is 1. The molecule has 0 fully saturated rings. The summed E-state index contributed by atoms with van der Waals surface area (Å²) in [5, 5.41) is 12.3. The molecule has 2 aromatic carbocycles. The number of amides is 1. The Hall–Kier alpha value is -2.36. The molecule has 0 aliphatic rings. The molecule has 0 heterocycles. The van der Waals surface area contributed by atoms with Crippen LogP contribution >= 0.6 is 0 Å². The van der Waals surface area contributed by atoms with Crippen molar-refractivity contribution >= 4 is 11.6 Å². The van der Waals surface area contributed by atoms with E-state index in [1.165, 1.54) is 6.07 Å². The second-order valence-corrected chi connectivity index (χ2v) is 4.43. The maximum absolute atomic E-state index is 12.9. The van der Waals surface area contributed by atoms with E-state index in [9.17, 15) is 14.3 Å². The van der Waals surface area contributed by atoms with Crippen LogP contribution in [-0.4, -0.2) is 11.0 Å². The Bertz CT molecular complexity index is 638. The van der Waals surface area contributed by atoms with E-state index in [-0.39, 0.29) is 11.3 Å². The van der Waals surface area contributed by atoms with Crippen LogP contribution in [-0.2, 0) is 0 Å². The smallest absolute Gasteiger partial charge is 0.259 e. The minimum Gasteiger partial charge on any atom is -0.507 e. The average molecular weight is 259 g/mol. The minimum absolute atomic E-state index is 0.0438. The molecule has 0 atom stereocenters. The topological polar surface area (TPSA) is 49.3 Å². The van der Waals surface area contributed by atoms with Crippen LogP contribution in [0.3, 0.4) is 0 Å². The number of anilines is 1. The van der Waals surface area contributed by atoms with Crippen LogP contribution in [0.1, 0.15) is 21.5 Å². The molecule has 3 nitrogen and oxygen atoms in total. The molecular formula is C15H14FNO2. The fourth-order valence-electron chi connectivity index (χ4n) is 1.76. The fourth-order valence-corrected chi connectivity index (χ4v) is 1.76. The zero-order chi connectivity index (χ0) is 14.0. The highest BCUT2D eigenvalue weighted by atomic mass is 19.1. The molecule has 0 saturated heterocycles. The molecule has 2 N–H and O–H groups in total. The quantitative estimate of drug-likeness (QED) is 0.868. The van der Waals surface area contributed by atoms with Gasteiger partial charge in [0.2, 0.25) is 0 Å². The van der Waals surface area contributed by atoms with E-state index in [1.54, 1.807) is 0 Å². The predicted octanol–water partition coefficient (Wildman–Crippen LogP) is 3.40. The molecule has 2 aromatic rings. The van der Waals surface area contributed by atoms with E-state index in [0.29, 0.717) is 5.69 Å². The lowest BCUT2D eigenvalue weighted by molar-refractivity contribution is 0.102. The van der Waals surface area contributed by atoms with Gasteiger partial charge in [-0.05, 0) is 43.2 Å². The summed E-state index contributed by atoms with van der Waals surface area (Å²) in [6.45, 7) is 3.80. The first-order valence-electron chi connectivity index (χ1n) is 5.84. The van der Waals surface area contributed by atoms with Crippen LogP contribution in [0, 0.1) is 19.7 Å². The van der Waals surface area contributed by atoms with Crippen LogP contribution in [0.5, 0.6) is 5.75 Å². The molecular weight excluding hydrogens is 245 g/mol. The van der Waals surface area contributed by atoms with Gasteiger partial charge in [0, 0.05) is 11.8 Å². The van der Waals surface area contributed by atoms with Crippen molar-refractivity contribution in [2.24, 2.45) is 0 Å². The van der Waals surface area contributed by atoms with Crippen molar-refractivity contribution in [3.05, 3.63) is 58.9 Å². The van der Waals surface area contributed by atoms with Crippen LogP contribution in [0.2, 0.25) is 0 Å². The van der Waals surface area contributed by atoms with Gasteiger partial charge in [-0.25, -0.2) is 4.39 Å². The van der Waals surface area contributed by atoms with E-state index in [1.807, 2.05) is 32.0 Å². The number of halogens is 1. The third-order valence-electron chi connectivity index (χ3n) is 2.85. The Balaban J connectivity index is 2.28. The van der Waals surface area contributed by atoms with E-state index >= 15 is 0 Å². The number of aryl methyl sites for hydroxylation is 2. The highest BCUT2D eigenvalue weighted by Gasteiger charge is 2.13. The van der Waals surface area contributed by atoms with Crippen molar-refractivity contribution in [3.63, 3.8) is 0 Å². The van der Waals surface area contributed by atoms with Gasteiger partial charge in [0.05, 0.1) is 5.56 Å². The first-order chi connectivity index (χ1) is 8.97. The van der Waals surface area contributed by atoms with Gasteiger partial charge >= 0.3 is 0 Å². The van der Waals surface area contributed by atoms with Gasteiger partial charge in [-0.15, -0.1) is 0 Å². The van der Waals surface area contributed by atoms with Gasteiger partial charge in [-0.3, -0.25) is 4.79 Å². The number of hydrogen-bond acceptors (Lipinski definition) is 2. The molecule has 98 valence electrons. The largest absolute Gasteiger partial charge is 0.507 e. The number of carbonyl (C=O) groups excluding carboxylic acids is 1. The number of rotatable bonds is 2. The first kappa shape index (κ1) is 13.1. The zero-order valence-electron chi connectivity index (χ0n) is 10.7. The summed E-state index contributed by atoms with van der Waals surface area (Å²) in [6, 6.07) is 8.99. The maximum Gasteiger partial charge on any atom is 0.259 e. The SMILES string of the molecule is Cc1ccc(C)c(NC(=O)c2ccc(F)cc2O)c1. The molecule has 0 unspecified atom stereocenters. The number of hydrogen-bond donors (Lipinski definition) is 2. The molecule has 0 bridgehead atoms. The number of carbonyl (C=O) groups is 1. The van der Waals surface area contributed by atoms with E-state index in [0.717, 1.165) is 23.3 Å². The third kappa shape index (κ3) is 2.91. The molecule has 0 saturated carbocycles. The molecule has 0 radical (unpaired) electrons. The van der Waals surface area contributed by atoms with Crippen molar-refractivity contribution in [1.29, 1.82) is 0 Å². The van der Waals surface area contributed by atoms with E-state index in [4.69, 9.17) is 0 Å². The Morgan fingerprint density at radius 3 is 2.58 bits per heavy atom. The second kappa shape index (κ2) is 5.10. The highest BCUT2D eigenvalue weighted by molar-refractivity contribution is 6.06. The number of nitrogens with one attached hydrogen (secondary N) is 1. The summed E-state index contributed by atoms with van der Waals surface area (Å²) in [6.07, 6.45) is 0. The summed E-state index contributed by atoms with van der Waals surface area (Å²) in [5.41, 5.74) is 2.65. The van der Waals surface area contributed by atoms with Crippen molar-refractivity contribution in [1.82, 2.24) is 0 Å². The average Bonchev–Trinajstić information content (AvgIpc) is 2.33. The molecule has 0 spiro atoms. The standard InChI is InChI=1S/C15H14FNO2/c1-9-3-4-10(2)13(7-9)17-15(19)12-6-5-11(16)8-14(12)18/h3-8,18H,1-2H3,(H,17,19). The van der Waals surface area contributed by atoms with E-state index in [2.05, 4.69) is 5.32 Å². The summed E-state index contributed by atoms with van der Waals surface area (Å²) in [4.78, 5) is 12.0. The van der Waals surface area contributed by atoms with Crippen molar-refractivity contribution < 1.29 is 14.3 Å². The second-order valence-electron chi connectivity index (χ2n) is 4.43. The predicted molar refractivity (Wildman–Crippen MR) is 71.9 cm³/mol. The van der Waals surface area contributed by atoms with Crippen molar-refractivity contribution in [2.45, 2.75) is 13.8 Å². The molecule has 4 heteroatoms. The van der Waals surface area contributed by atoms with Gasteiger partial charge in [0.25, 0.3) is 5.91 Å². The third-order valence-corrected chi connectivity index (χ3v) is 2.85. The number of aromatic hydroxyl groups is 1. The fraction of sp³-hybridized carbons (Fsp3) is 0.133. The molecule has 19 heavy (non-hydrogen) atoms. The molecule has 0 aliphatic carbocycles. The Kier molecular flexibility index (Phi) is 3.51. The molecule has 0 aromatic heterocycles. The lowest BCUT2D eigenvalue weighted by Crippen LogP contribution is -2.13. The van der Waals surface area contributed by atoms with Crippen LogP contribution in [0.4, 0.5) is 10.1 Å². The maximum atomic E-state index is 12.9. The molecule has 0 aliphatic heterocycles. The zero-order valence-corrected chi connectivity index (χ0v) is 10.7. The van der Waals surface area contributed by atoms with Crippen LogP contribution in [0.25, 0.3) is 0 Å².